The fraction of sp³-hybridized carbons (Fsp3) is 0.273. The van der Waals surface area contributed by atoms with Gasteiger partial charge in [-0.05, 0) is 19.1 Å². The zero-order chi connectivity index (χ0) is 11.1. The van der Waals surface area contributed by atoms with Crippen molar-refractivity contribution >= 4 is 5.91 Å². The van der Waals surface area contributed by atoms with Gasteiger partial charge in [0.25, 0.3) is 5.91 Å². The number of nitrogens with zero attached hydrogens (tertiary/aromatic N) is 1. The van der Waals surface area contributed by atoms with Gasteiger partial charge < -0.3 is 10.1 Å². The molecule has 0 spiro atoms. The van der Waals surface area contributed by atoms with Crippen LogP contribution in [0.1, 0.15) is 6.92 Å². The normalized spacial score (nSPS) is 11.5. The quantitative estimate of drug-likeness (QED) is 0.735. The Morgan fingerprint density at radius 1 is 1.80 bits per heavy atom. The average molecular weight is 206 g/mol. The first-order chi connectivity index (χ1) is 7.24. The molecule has 1 rings (SSSR count). The summed E-state index contributed by atoms with van der Waals surface area (Å²) in [5.41, 5.74) is 0. The molecule has 0 saturated heterocycles. The molecule has 1 aromatic rings. The van der Waals surface area contributed by atoms with Crippen molar-refractivity contribution in [3.05, 3.63) is 37.2 Å². The summed E-state index contributed by atoms with van der Waals surface area (Å²) in [6, 6.07) is 3.51. The molecule has 0 aliphatic heterocycles. The van der Waals surface area contributed by atoms with E-state index in [1.165, 1.54) is 0 Å². The highest BCUT2D eigenvalue weighted by Crippen LogP contribution is 2.08. The molecule has 0 aliphatic rings. The van der Waals surface area contributed by atoms with Gasteiger partial charge >= 0.3 is 0 Å². The number of aromatic nitrogens is 1. The van der Waals surface area contributed by atoms with Crippen LogP contribution in [0.25, 0.3) is 0 Å². The third-order valence-corrected chi connectivity index (χ3v) is 1.74. The molecule has 4 nitrogen and oxygen atoms in total. The summed E-state index contributed by atoms with van der Waals surface area (Å²) in [5, 5.41) is 2.65. The second-order valence-electron chi connectivity index (χ2n) is 2.98. The van der Waals surface area contributed by atoms with Crippen LogP contribution in [-0.4, -0.2) is 23.5 Å². The SMILES string of the molecule is C=CCNC(=O)C(C)Oc1cccnc1. The molecule has 1 atom stereocenters. The molecule has 0 radical (unpaired) electrons. The monoisotopic (exact) mass is 206 g/mol. The maximum absolute atomic E-state index is 11.4. The average Bonchev–Trinajstić information content (AvgIpc) is 2.27. The Kier molecular flexibility index (Phi) is 4.34. The van der Waals surface area contributed by atoms with Gasteiger partial charge in [-0.2, -0.15) is 0 Å². The van der Waals surface area contributed by atoms with E-state index in [1.807, 2.05) is 0 Å². The van der Waals surface area contributed by atoms with Gasteiger partial charge in [0.1, 0.15) is 5.75 Å². The minimum atomic E-state index is -0.533. The second-order valence-corrected chi connectivity index (χ2v) is 2.98. The van der Waals surface area contributed by atoms with Crippen LogP contribution in [-0.2, 0) is 4.79 Å². The van der Waals surface area contributed by atoms with Crippen molar-refractivity contribution < 1.29 is 9.53 Å². The lowest BCUT2D eigenvalue weighted by atomic mass is 10.3. The van der Waals surface area contributed by atoms with Gasteiger partial charge in [-0.15, -0.1) is 6.58 Å². The Labute approximate surface area is 89.0 Å². The molecule has 0 fully saturated rings. The number of carbonyl (C=O) groups excluding carboxylic acids is 1. The van der Waals surface area contributed by atoms with Gasteiger partial charge in [-0.1, -0.05) is 6.08 Å². The molecule has 0 aromatic carbocycles. The highest BCUT2D eigenvalue weighted by molar-refractivity contribution is 5.80. The summed E-state index contributed by atoms with van der Waals surface area (Å²) in [6.45, 7) is 5.64. The number of rotatable bonds is 5. The largest absolute Gasteiger partial charge is 0.479 e. The summed E-state index contributed by atoms with van der Waals surface area (Å²) >= 11 is 0. The lowest BCUT2D eigenvalue weighted by Crippen LogP contribution is -2.36. The van der Waals surface area contributed by atoms with Crippen LogP contribution >= 0.6 is 0 Å². The molecule has 1 N–H and O–H groups in total. The van der Waals surface area contributed by atoms with Crippen molar-refractivity contribution in [1.82, 2.24) is 10.3 Å². The van der Waals surface area contributed by atoms with Crippen LogP contribution in [0.15, 0.2) is 37.2 Å². The molecule has 0 bridgehead atoms. The van der Waals surface area contributed by atoms with Gasteiger partial charge in [0.2, 0.25) is 0 Å². The van der Waals surface area contributed by atoms with Crippen molar-refractivity contribution in [3.8, 4) is 5.75 Å². The number of hydrogen-bond acceptors (Lipinski definition) is 3. The maximum Gasteiger partial charge on any atom is 0.261 e. The van der Waals surface area contributed by atoms with Gasteiger partial charge in [-0.3, -0.25) is 9.78 Å². The number of nitrogens with one attached hydrogen (secondary N) is 1. The molecular formula is C11H14N2O2. The van der Waals surface area contributed by atoms with Crippen LogP contribution in [0.5, 0.6) is 5.75 Å². The van der Waals surface area contributed by atoms with E-state index in [0.717, 1.165) is 0 Å². The number of carbonyl (C=O) groups is 1. The van der Waals surface area contributed by atoms with Crippen LogP contribution in [0.4, 0.5) is 0 Å². The van der Waals surface area contributed by atoms with Crippen LogP contribution in [0, 0.1) is 0 Å². The van der Waals surface area contributed by atoms with E-state index in [1.54, 1.807) is 37.5 Å². The third kappa shape index (κ3) is 3.81. The topological polar surface area (TPSA) is 51.2 Å². The Bertz CT molecular complexity index is 325. The predicted octanol–water partition coefficient (Wildman–Crippen LogP) is 1.15. The molecule has 4 heteroatoms. The van der Waals surface area contributed by atoms with Gasteiger partial charge in [0.05, 0.1) is 6.20 Å². The Morgan fingerprint density at radius 3 is 3.20 bits per heavy atom. The first kappa shape index (κ1) is 11.2. The zero-order valence-electron chi connectivity index (χ0n) is 8.64. The molecule has 15 heavy (non-hydrogen) atoms. The minimum absolute atomic E-state index is 0.168. The molecule has 1 heterocycles. The fourth-order valence-electron chi connectivity index (χ4n) is 0.991. The number of ether oxygens (including phenoxy) is 1. The predicted molar refractivity (Wildman–Crippen MR) is 57.5 cm³/mol. The summed E-state index contributed by atoms with van der Waals surface area (Å²) in [4.78, 5) is 15.3. The van der Waals surface area contributed by atoms with Crippen molar-refractivity contribution in [3.63, 3.8) is 0 Å². The number of hydrogen-bond donors (Lipinski definition) is 1. The standard InChI is InChI=1S/C11H14N2O2/c1-3-6-13-11(14)9(2)15-10-5-4-7-12-8-10/h3-5,7-9H,1,6H2,2H3,(H,13,14). The molecule has 80 valence electrons. The van der Waals surface area contributed by atoms with E-state index in [9.17, 15) is 4.79 Å². The Morgan fingerprint density at radius 2 is 2.60 bits per heavy atom. The van der Waals surface area contributed by atoms with Crippen molar-refractivity contribution in [2.75, 3.05) is 6.54 Å². The Balaban J connectivity index is 2.45. The highest BCUT2D eigenvalue weighted by atomic mass is 16.5. The van der Waals surface area contributed by atoms with Crippen LogP contribution < -0.4 is 10.1 Å². The van der Waals surface area contributed by atoms with E-state index < -0.39 is 6.10 Å². The Hall–Kier alpha value is -1.84. The maximum atomic E-state index is 11.4. The zero-order valence-corrected chi connectivity index (χ0v) is 8.64. The van der Waals surface area contributed by atoms with Gasteiger partial charge in [0.15, 0.2) is 6.10 Å². The summed E-state index contributed by atoms with van der Waals surface area (Å²) in [7, 11) is 0. The molecule has 0 saturated carbocycles. The summed E-state index contributed by atoms with van der Waals surface area (Å²) < 4.78 is 5.36. The second kappa shape index (κ2) is 5.80. The summed E-state index contributed by atoms with van der Waals surface area (Å²) in [6.07, 6.45) is 4.30. The molecule has 1 unspecified atom stereocenters. The lowest BCUT2D eigenvalue weighted by molar-refractivity contribution is -0.127. The molecule has 1 aromatic heterocycles. The number of amides is 1. The van der Waals surface area contributed by atoms with E-state index >= 15 is 0 Å². The van der Waals surface area contributed by atoms with E-state index in [2.05, 4.69) is 16.9 Å². The lowest BCUT2D eigenvalue weighted by Gasteiger charge is -2.13. The smallest absolute Gasteiger partial charge is 0.261 e. The minimum Gasteiger partial charge on any atom is -0.479 e. The first-order valence-electron chi connectivity index (χ1n) is 4.69. The molecule has 0 aliphatic carbocycles. The summed E-state index contributed by atoms with van der Waals surface area (Å²) in [5.74, 6) is 0.414. The van der Waals surface area contributed by atoms with Gasteiger partial charge in [-0.25, -0.2) is 0 Å². The fourth-order valence-corrected chi connectivity index (χ4v) is 0.991. The van der Waals surface area contributed by atoms with Crippen LogP contribution in [0.3, 0.4) is 0 Å². The number of pyridine rings is 1. The van der Waals surface area contributed by atoms with Crippen molar-refractivity contribution in [2.24, 2.45) is 0 Å². The van der Waals surface area contributed by atoms with Gasteiger partial charge in [0, 0.05) is 12.7 Å². The van der Waals surface area contributed by atoms with E-state index in [-0.39, 0.29) is 5.91 Å². The first-order valence-corrected chi connectivity index (χ1v) is 4.69. The molecular weight excluding hydrogens is 192 g/mol. The molecule has 1 amide bonds. The van der Waals surface area contributed by atoms with E-state index in [0.29, 0.717) is 12.3 Å². The highest BCUT2D eigenvalue weighted by Gasteiger charge is 2.12. The van der Waals surface area contributed by atoms with E-state index in [4.69, 9.17) is 4.74 Å². The van der Waals surface area contributed by atoms with Crippen molar-refractivity contribution in [1.29, 1.82) is 0 Å². The third-order valence-electron chi connectivity index (χ3n) is 1.74. The van der Waals surface area contributed by atoms with Crippen molar-refractivity contribution in [2.45, 2.75) is 13.0 Å². The van der Waals surface area contributed by atoms with Crippen LogP contribution in [0.2, 0.25) is 0 Å².